The number of aromatic nitrogens is 5. The van der Waals surface area contributed by atoms with Crippen LogP contribution in [0, 0.1) is 0 Å². The summed E-state index contributed by atoms with van der Waals surface area (Å²) in [5.41, 5.74) is 2.45. The minimum absolute atomic E-state index is 0.281. The van der Waals surface area contributed by atoms with Gasteiger partial charge in [0.1, 0.15) is 17.4 Å². The Bertz CT molecular complexity index is 1240. The van der Waals surface area contributed by atoms with Gasteiger partial charge in [0, 0.05) is 11.6 Å². The largest absolute Gasteiger partial charge is 0.342 e. The Morgan fingerprint density at radius 1 is 1.11 bits per heavy atom. The Hall–Kier alpha value is -3.55. The number of nitrogens with zero attached hydrogens (tertiary/aromatic N) is 4. The predicted molar refractivity (Wildman–Crippen MR) is 107 cm³/mol. The maximum Gasteiger partial charge on any atom is 0.278 e. The predicted octanol–water partition coefficient (Wildman–Crippen LogP) is 2.99. The van der Waals surface area contributed by atoms with Crippen LogP contribution in [0.5, 0.6) is 0 Å². The van der Waals surface area contributed by atoms with Crippen molar-refractivity contribution < 1.29 is 4.79 Å². The summed E-state index contributed by atoms with van der Waals surface area (Å²) in [7, 11) is 0. The number of rotatable bonds is 4. The number of aromatic amines is 1. The van der Waals surface area contributed by atoms with Crippen LogP contribution in [-0.4, -0.2) is 30.9 Å². The lowest BCUT2D eigenvalue weighted by Crippen LogP contribution is -2.34. The van der Waals surface area contributed by atoms with Gasteiger partial charge in [-0.1, -0.05) is 31.2 Å². The molecule has 0 saturated heterocycles. The minimum Gasteiger partial charge on any atom is -0.342 e. The second-order valence-electron chi connectivity index (χ2n) is 7.03. The summed E-state index contributed by atoms with van der Waals surface area (Å²) < 4.78 is 1.10. The molecule has 8 nitrogen and oxygen atoms in total. The molecule has 142 valence electrons. The highest BCUT2D eigenvalue weighted by Crippen LogP contribution is 2.21. The SMILES string of the molecule is CC(C)c1nc2ccc(NC(=O)C(C)n3nnc4ccccc4c3=O)cc2[nH]1. The molecule has 0 radical (unpaired) electrons. The van der Waals surface area contributed by atoms with Gasteiger partial charge in [-0.05, 0) is 37.3 Å². The number of anilines is 1. The number of carbonyl (C=O) groups is 1. The quantitative estimate of drug-likeness (QED) is 0.570. The zero-order chi connectivity index (χ0) is 19.8. The second kappa shape index (κ2) is 6.88. The Balaban J connectivity index is 1.60. The van der Waals surface area contributed by atoms with E-state index in [0.717, 1.165) is 21.5 Å². The summed E-state index contributed by atoms with van der Waals surface area (Å²) in [4.78, 5) is 33.1. The third-order valence-electron chi connectivity index (χ3n) is 4.65. The standard InChI is InChI=1S/C20H20N6O2/c1-11(2)18-22-16-9-8-13(10-17(16)23-18)21-19(27)12(3)26-20(28)14-6-4-5-7-15(14)24-25-26/h4-12H,1-3H3,(H,21,27)(H,22,23). The Morgan fingerprint density at radius 3 is 2.68 bits per heavy atom. The molecule has 28 heavy (non-hydrogen) atoms. The van der Waals surface area contributed by atoms with Crippen LogP contribution in [0.1, 0.15) is 38.6 Å². The third-order valence-corrected chi connectivity index (χ3v) is 4.65. The van der Waals surface area contributed by atoms with Gasteiger partial charge in [-0.2, -0.15) is 4.68 Å². The van der Waals surface area contributed by atoms with Gasteiger partial charge in [-0.25, -0.2) is 4.98 Å². The molecule has 1 amide bonds. The molecule has 0 fully saturated rings. The summed E-state index contributed by atoms with van der Waals surface area (Å²) in [6.45, 7) is 5.74. The van der Waals surface area contributed by atoms with E-state index in [0.29, 0.717) is 16.6 Å². The van der Waals surface area contributed by atoms with Crippen LogP contribution in [0.15, 0.2) is 47.3 Å². The zero-order valence-corrected chi connectivity index (χ0v) is 15.8. The topological polar surface area (TPSA) is 106 Å². The summed E-state index contributed by atoms with van der Waals surface area (Å²) in [5, 5.41) is 11.2. The van der Waals surface area contributed by atoms with E-state index < -0.39 is 6.04 Å². The van der Waals surface area contributed by atoms with Crippen LogP contribution in [0.2, 0.25) is 0 Å². The average molecular weight is 376 g/mol. The number of amides is 1. The number of fused-ring (bicyclic) bond motifs is 2. The first-order valence-electron chi connectivity index (χ1n) is 9.09. The van der Waals surface area contributed by atoms with Crippen LogP contribution in [-0.2, 0) is 4.79 Å². The van der Waals surface area contributed by atoms with E-state index in [1.54, 1.807) is 37.3 Å². The Labute approximate surface area is 160 Å². The number of hydrogen-bond donors (Lipinski definition) is 2. The van der Waals surface area contributed by atoms with Crippen molar-refractivity contribution in [2.24, 2.45) is 0 Å². The lowest BCUT2D eigenvalue weighted by Gasteiger charge is -2.13. The highest BCUT2D eigenvalue weighted by atomic mass is 16.2. The van der Waals surface area contributed by atoms with Gasteiger partial charge in [0.2, 0.25) is 5.91 Å². The van der Waals surface area contributed by atoms with Crippen molar-refractivity contribution in [3.8, 4) is 0 Å². The van der Waals surface area contributed by atoms with Gasteiger partial charge < -0.3 is 10.3 Å². The van der Waals surface area contributed by atoms with E-state index in [2.05, 4.69) is 39.4 Å². The molecule has 2 heterocycles. The molecule has 0 aliphatic heterocycles. The molecule has 4 aromatic rings. The van der Waals surface area contributed by atoms with Gasteiger partial charge in [0.15, 0.2) is 0 Å². The normalized spacial score (nSPS) is 12.6. The molecule has 0 aliphatic carbocycles. The first-order valence-corrected chi connectivity index (χ1v) is 9.09. The van der Waals surface area contributed by atoms with Crippen molar-refractivity contribution in [1.29, 1.82) is 0 Å². The highest BCUT2D eigenvalue weighted by Gasteiger charge is 2.19. The number of imidazole rings is 1. The molecule has 2 aromatic heterocycles. The molecule has 2 N–H and O–H groups in total. The molecule has 0 spiro atoms. The van der Waals surface area contributed by atoms with Crippen molar-refractivity contribution in [3.63, 3.8) is 0 Å². The van der Waals surface area contributed by atoms with Gasteiger partial charge >= 0.3 is 0 Å². The van der Waals surface area contributed by atoms with Crippen molar-refractivity contribution >= 4 is 33.5 Å². The van der Waals surface area contributed by atoms with Gasteiger partial charge in [-0.15, -0.1) is 5.10 Å². The lowest BCUT2D eigenvalue weighted by atomic mass is 10.2. The van der Waals surface area contributed by atoms with E-state index in [1.807, 2.05) is 12.1 Å². The molecule has 4 rings (SSSR count). The molecule has 2 aromatic carbocycles. The Morgan fingerprint density at radius 2 is 1.89 bits per heavy atom. The summed E-state index contributed by atoms with van der Waals surface area (Å²) in [6.07, 6.45) is 0. The fourth-order valence-electron chi connectivity index (χ4n) is 2.99. The molecule has 0 aliphatic rings. The van der Waals surface area contributed by atoms with Crippen molar-refractivity contribution in [2.75, 3.05) is 5.32 Å². The molecular weight excluding hydrogens is 356 g/mol. The van der Waals surface area contributed by atoms with Crippen molar-refractivity contribution in [1.82, 2.24) is 25.0 Å². The number of carbonyl (C=O) groups excluding carboxylic acids is 1. The molecular formula is C20H20N6O2. The van der Waals surface area contributed by atoms with Gasteiger partial charge in [0.05, 0.1) is 16.4 Å². The Kier molecular flexibility index (Phi) is 4.38. The summed E-state index contributed by atoms with van der Waals surface area (Å²) >= 11 is 0. The van der Waals surface area contributed by atoms with Crippen LogP contribution < -0.4 is 10.9 Å². The van der Waals surface area contributed by atoms with Crippen LogP contribution in [0.25, 0.3) is 21.9 Å². The van der Waals surface area contributed by atoms with E-state index in [-0.39, 0.29) is 17.4 Å². The average Bonchev–Trinajstić information content (AvgIpc) is 3.12. The van der Waals surface area contributed by atoms with Gasteiger partial charge in [-0.3, -0.25) is 9.59 Å². The van der Waals surface area contributed by atoms with E-state index in [9.17, 15) is 9.59 Å². The minimum atomic E-state index is -0.812. The zero-order valence-electron chi connectivity index (χ0n) is 15.8. The first-order chi connectivity index (χ1) is 13.4. The summed E-state index contributed by atoms with van der Waals surface area (Å²) in [6, 6.07) is 11.6. The molecule has 1 atom stereocenters. The maximum absolute atomic E-state index is 12.7. The van der Waals surface area contributed by atoms with Gasteiger partial charge in [0.25, 0.3) is 5.56 Å². The fourth-order valence-corrected chi connectivity index (χ4v) is 2.99. The summed E-state index contributed by atoms with van der Waals surface area (Å²) in [5.74, 6) is 0.822. The fraction of sp³-hybridized carbons (Fsp3) is 0.250. The molecule has 0 bridgehead atoms. The van der Waals surface area contributed by atoms with Crippen molar-refractivity contribution in [3.05, 3.63) is 58.6 Å². The monoisotopic (exact) mass is 376 g/mol. The number of hydrogen-bond acceptors (Lipinski definition) is 5. The number of nitrogens with one attached hydrogen (secondary N) is 2. The molecule has 8 heteroatoms. The highest BCUT2D eigenvalue weighted by molar-refractivity contribution is 5.95. The van der Waals surface area contributed by atoms with Crippen LogP contribution in [0.4, 0.5) is 5.69 Å². The first kappa shape index (κ1) is 17.8. The lowest BCUT2D eigenvalue weighted by molar-refractivity contribution is -0.119. The number of H-pyrrole nitrogens is 1. The van der Waals surface area contributed by atoms with E-state index >= 15 is 0 Å². The molecule has 0 saturated carbocycles. The second-order valence-corrected chi connectivity index (χ2v) is 7.03. The maximum atomic E-state index is 12.7. The van der Waals surface area contributed by atoms with Crippen LogP contribution >= 0.6 is 0 Å². The third kappa shape index (κ3) is 3.13. The van der Waals surface area contributed by atoms with Crippen molar-refractivity contribution in [2.45, 2.75) is 32.7 Å². The molecule has 1 unspecified atom stereocenters. The van der Waals surface area contributed by atoms with Crippen LogP contribution in [0.3, 0.4) is 0 Å². The number of benzene rings is 2. The van der Waals surface area contributed by atoms with E-state index in [1.165, 1.54) is 0 Å². The smallest absolute Gasteiger partial charge is 0.278 e. The van der Waals surface area contributed by atoms with E-state index in [4.69, 9.17) is 0 Å².